The summed E-state index contributed by atoms with van der Waals surface area (Å²) in [6, 6.07) is 79.0. The van der Waals surface area contributed by atoms with Gasteiger partial charge in [0.25, 0.3) is 0 Å². The summed E-state index contributed by atoms with van der Waals surface area (Å²) in [5.41, 5.74) is 13.6. The monoisotopic (exact) mass is 864 g/mol. The van der Waals surface area contributed by atoms with Gasteiger partial charge in [-0.3, -0.25) is 0 Å². The first-order valence-corrected chi connectivity index (χ1v) is 22.8. The van der Waals surface area contributed by atoms with E-state index in [1.54, 1.807) is 0 Å². The van der Waals surface area contributed by atoms with Gasteiger partial charge in [0.2, 0.25) is 5.69 Å². The van der Waals surface area contributed by atoms with Gasteiger partial charge in [-0.2, -0.15) is 5.26 Å². The fraction of sp³-hybridized carbons (Fsp3) is 0. The molecule has 0 saturated carbocycles. The third-order valence-corrected chi connectivity index (χ3v) is 14.0. The van der Waals surface area contributed by atoms with E-state index in [4.69, 9.17) is 0 Å². The van der Waals surface area contributed by atoms with Crippen molar-refractivity contribution in [3.8, 4) is 39.9 Å². The van der Waals surface area contributed by atoms with Crippen LogP contribution in [0.5, 0.6) is 0 Å². The van der Waals surface area contributed by atoms with E-state index in [-0.39, 0.29) is 0 Å². The van der Waals surface area contributed by atoms with E-state index in [1.807, 2.05) is 0 Å². The minimum absolute atomic E-state index is 0.449. The molecule has 0 fully saturated rings. The number of nitrogens with zero attached hydrogens (tertiary/aromatic N) is 6. The summed E-state index contributed by atoms with van der Waals surface area (Å²) in [5.74, 6) is 0. The quantitative estimate of drug-likeness (QED) is 0.159. The second-order valence-corrected chi connectivity index (χ2v) is 17.4. The standard InChI is InChI=1S/C62H36N6/c1-64-60-48(35-37-59(66-52-28-12-4-20-42(52)43-21-5-13-29-53(43)66)62(60)68-56-32-16-8-24-46(56)47-25-9-17-33-57(47)68)39-34-36-58(65-50-26-10-2-18-40(50)41-19-3-11-27-51(41)65)61(49(39)38-63)67-54-30-14-6-22-44(54)45-23-7-15-31-55(45)67/h2-37H. The highest BCUT2D eigenvalue weighted by atomic mass is 15.1. The third kappa shape index (κ3) is 5.09. The number of nitriles is 1. The van der Waals surface area contributed by atoms with Crippen molar-refractivity contribution in [1.82, 2.24) is 18.3 Å². The molecule has 68 heavy (non-hydrogen) atoms. The number of hydrogen-bond donors (Lipinski definition) is 0. The Morgan fingerprint density at radius 3 is 0.882 bits per heavy atom. The Hall–Kier alpha value is -9.62. The largest absolute Gasteiger partial charge is 0.317 e. The van der Waals surface area contributed by atoms with Crippen LogP contribution >= 0.6 is 0 Å². The summed E-state index contributed by atoms with van der Waals surface area (Å²) in [7, 11) is 0. The molecule has 0 bridgehead atoms. The molecule has 6 nitrogen and oxygen atoms in total. The van der Waals surface area contributed by atoms with Crippen molar-refractivity contribution in [2.75, 3.05) is 0 Å². The van der Waals surface area contributed by atoms with Gasteiger partial charge in [0.15, 0.2) is 0 Å². The van der Waals surface area contributed by atoms with Crippen molar-refractivity contribution in [1.29, 1.82) is 5.26 Å². The van der Waals surface area contributed by atoms with Crippen molar-refractivity contribution in [3.05, 3.63) is 235 Å². The Bertz CT molecular complexity index is 4030. The fourth-order valence-corrected chi connectivity index (χ4v) is 11.3. The fourth-order valence-electron chi connectivity index (χ4n) is 11.3. The summed E-state index contributed by atoms with van der Waals surface area (Å²) in [6.07, 6.45) is 0. The van der Waals surface area contributed by atoms with E-state index in [0.717, 1.165) is 110 Å². The molecule has 14 rings (SSSR count). The zero-order valence-corrected chi connectivity index (χ0v) is 36.5. The molecule has 0 amide bonds. The van der Waals surface area contributed by atoms with Gasteiger partial charge < -0.3 is 18.3 Å². The van der Waals surface area contributed by atoms with Gasteiger partial charge in [-0.05, 0) is 71.8 Å². The molecule has 0 aliphatic carbocycles. The lowest BCUT2D eigenvalue weighted by molar-refractivity contribution is 1.09. The van der Waals surface area contributed by atoms with E-state index in [9.17, 15) is 11.8 Å². The van der Waals surface area contributed by atoms with Crippen LogP contribution in [0.4, 0.5) is 5.69 Å². The lowest BCUT2D eigenvalue weighted by Gasteiger charge is -2.23. The van der Waals surface area contributed by atoms with Gasteiger partial charge in [0, 0.05) is 43.1 Å². The van der Waals surface area contributed by atoms with Crippen LogP contribution in [-0.4, -0.2) is 18.3 Å². The lowest BCUT2D eigenvalue weighted by atomic mass is 9.94. The molecule has 4 heterocycles. The van der Waals surface area contributed by atoms with Gasteiger partial charge in [-0.15, -0.1) is 0 Å². The molecule has 0 saturated heterocycles. The van der Waals surface area contributed by atoms with Crippen molar-refractivity contribution >= 4 is 92.9 Å². The smallest absolute Gasteiger partial charge is 0.220 e. The molecule has 0 N–H and O–H groups in total. The lowest BCUT2D eigenvalue weighted by Crippen LogP contribution is -2.08. The summed E-state index contributed by atoms with van der Waals surface area (Å²) < 4.78 is 9.15. The molecule has 0 atom stereocenters. The first-order valence-electron chi connectivity index (χ1n) is 22.8. The van der Waals surface area contributed by atoms with Crippen LogP contribution in [0.25, 0.3) is 126 Å². The predicted molar refractivity (Wildman–Crippen MR) is 280 cm³/mol. The highest BCUT2D eigenvalue weighted by Gasteiger charge is 2.29. The molecule has 14 aromatic rings. The van der Waals surface area contributed by atoms with E-state index in [1.165, 1.54) is 0 Å². The number of hydrogen-bond acceptors (Lipinski definition) is 1. The van der Waals surface area contributed by atoms with Crippen LogP contribution in [0.2, 0.25) is 0 Å². The number of fused-ring (bicyclic) bond motifs is 12. The van der Waals surface area contributed by atoms with Gasteiger partial charge in [0.1, 0.15) is 6.07 Å². The zero-order valence-electron chi connectivity index (χ0n) is 36.5. The molecule has 10 aromatic carbocycles. The second-order valence-electron chi connectivity index (χ2n) is 17.4. The van der Waals surface area contributed by atoms with Crippen LogP contribution in [-0.2, 0) is 0 Å². The van der Waals surface area contributed by atoms with E-state index >= 15 is 0 Å². The highest BCUT2D eigenvalue weighted by Crippen LogP contribution is 2.49. The maximum Gasteiger partial charge on any atom is 0.220 e. The first-order chi connectivity index (χ1) is 33.7. The van der Waals surface area contributed by atoms with Crippen molar-refractivity contribution in [2.45, 2.75) is 0 Å². The van der Waals surface area contributed by atoms with Crippen molar-refractivity contribution in [2.24, 2.45) is 0 Å². The minimum Gasteiger partial charge on any atom is -0.317 e. The Morgan fingerprint density at radius 2 is 0.574 bits per heavy atom. The number of aromatic nitrogens is 4. The average Bonchev–Trinajstić information content (AvgIpc) is 4.13. The molecule has 0 aliphatic rings. The third-order valence-electron chi connectivity index (χ3n) is 14.0. The van der Waals surface area contributed by atoms with Crippen LogP contribution in [0, 0.1) is 17.9 Å². The topological polar surface area (TPSA) is 47.9 Å². The van der Waals surface area contributed by atoms with Crippen LogP contribution in [0.3, 0.4) is 0 Å². The van der Waals surface area contributed by atoms with Gasteiger partial charge in [-0.1, -0.05) is 158 Å². The summed E-state index contributed by atoms with van der Waals surface area (Å²) in [4.78, 5) is 4.56. The molecule has 0 aliphatic heterocycles. The van der Waals surface area contributed by atoms with E-state index in [2.05, 4.69) is 248 Å². The molecule has 4 aromatic heterocycles. The van der Waals surface area contributed by atoms with Crippen molar-refractivity contribution in [3.63, 3.8) is 0 Å². The number of rotatable bonds is 5. The maximum atomic E-state index is 11.9. The molecular weight excluding hydrogens is 829 g/mol. The zero-order chi connectivity index (χ0) is 45.0. The molecular formula is C62H36N6. The Morgan fingerprint density at radius 1 is 0.309 bits per heavy atom. The Labute approximate surface area is 390 Å². The summed E-state index contributed by atoms with van der Waals surface area (Å²) in [5, 5.41) is 20.8. The predicted octanol–water partition coefficient (Wildman–Crippen LogP) is 16.2. The first kappa shape index (κ1) is 37.7. The highest BCUT2D eigenvalue weighted by molar-refractivity contribution is 6.15. The average molecular weight is 865 g/mol. The molecule has 0 spiro atoms. The van der Waals surface area contributed by atoms with Gasteiger partial charge in [0.05, 0.1) is 79.0 Å². The minimum atomic E-state index is 0.449. The van der Waals surface area contributed by atoms with E-state index < -0.39 is 0 Å². The Kier molecular flexibility index (Phi) is 8.01. The van der Waals surface area contributed by atoms with Gasteiger partial charge in [-0.25, -0.2) is 4.85 Å². The number of benzene rings is 10. The van der Waals surface area contributed by atoms with Crippen LogP contribution < -0.4 is 0 Å². The summed E-state index contributed by atoms with van der Waals surface area (Å²) in [6.45, 7) is 9.32. The molecule has 314 valence electrons. The maximum absolute atomic E-state index is 11.9. The Balaban J connectivity index is 1.16. The summed E-state index contributed by atoms with van der Waals surface area (Å²) >= 11 is 0. The SMILES string of the molecule is [C-]#[N+]c1c(-c2ccc(-n3c4ccccc4c4ccccc43)c(-n3c4ccccc4c4ccccc43)c2C#N)ccc(-n2c3ccccc3c3ccccc32)c1-n1c2ccccc2c2ccccc21. The molecule has 6 heteroatoms. The van der Waals surface area contributed by atoms with Crippen LogP contribution in [0.1, 0.15) is 5.56 Å². The molecule has 0 unspecified atom stereocenters. The normalized spacial score (nSPS) is 11.8. The second kappa shape index (κ2) is 14.4. The molecule has 0 radical (unpaired) electrons. The van der Waals surface area contributed by atoms with Crippen molar-refractivity contribution < 1.29 is 0 Å². The number of para-hydroxylation sites is 8. The van der Waals surface area contributed by atoms with Gasteiger partial charge >= 0.3 is 0 Å². The van der Waals surface area contributed by atoms with Crippen LogP contribution in [0.15, 0.2) is 218 Å². The van der Waals surface area contributed by atoms with E-state index in [0.29, 0.717) is 22.4 Å².